The average Bonchev–Trinajstić information content (AvgIpc) is 2.73. The van der Waals surface area contributed by atoms with Crippen molar-refractivity contribution in [3.8, 4) is 0 Å². The molecular weight excluding hydrogens is 362 g/mol. The van der Waals surface area contributed by atoms with Crippen LogP contribution in [0, 0.1) is 6.92 Å². The van der Waals surface area contributed by atoms with Crippen molar-refractivity contribution in [2.75, 3.05) is 7.11 Å². The fraction of sp³-hybridized carbons (Fsp3) is 0.280. The number of rotatable bonds is 3. The standard InChI is InChI=1S/C25H25NO3/c1-15-9-11-18(12-10-15)23-22(25(28)29-3)16(2)26-20-13-19(14-21(27)24(20)23)17-7-5-4-6-8-17/h4-12,19,23,26H,13-14H2,1-3H3/t19-,23-/m1/s1. The SMILES string of the molecule is COC(=O)C1=C(C)NC2=C(C(=O)C[C@H](c3ccccc3)C2)[C@@H]1c1ccc(C)cc1. The van der Waals surface area contributed by atoms with Crippen molar-refractivity contribution < 1.29 is 14.3 Å². The van der Waals surface area contributed by atoms with E-state index in [2.05, 4.69) is 17.4 Å². The van der Waals surface area contributed by atoms with Crippen LogP contribution in [-0.4, -0.2) is 18.9 Å². The van der Waals surface area contributed by atoms with Crippen LogP contribution in [0.3, 0.4) is 0 Å². The van der Waals surface area contributed by atoms with Gasteiger partial charge in [0.1, 0.15) is 0 Å². The monoisotopic (exact) mass is 387 g/mol. The molecule has 148 valence electrons. The van der Waals surface area contributed by atoms with Gasteiger partial charge in [-0.05, 0) is 37.3 Å². The Balaban J connectivity index is 1.81. The van der Waals surface area contributed by atoms with Crippen LogP contribution in [-0.2, 0) is 14.3 Å². The van der Waals surface area contributed by atoms with Gasteiger partial charge in [-0.3, -0.25) is 4.79 Å². The maximum Gasteiger partial charge on any atom is 0.336 e. The lowest BCUT2D eigenvalue weighted by Crippen LogP contribution is -2.36. The van der Waals surface area contributed by atoms with Gasteiger partial charge in [-0.15, -0.1) is 0 Å². The first kappa shape index (κ1) is 19.2. The molecule has 0 radical (unpaired) electrons. The summed E-state index contributed by atoms with van der Waals surface area (Å²) in [6.45, 7) is 3.91. The molecule has 0 unspecified atom stereocenters. The highest BCUT2D eigenvalue weighted by Crippen LogP contribution is 2.45. The van der Waals surface area contributed by atoms with Crippen LogP contribution in [0.1, 0.15) is 48.3 Å². The van der Waals surface area contributed by atoms with Crippen LogP contribution in [0.15, 0.2) is 77.1 Å². The minimum atomic E-state index is -0.400. The number of esters is 1. The molecule has 0 aromatic heterocycles. The normalized spacial score (nSPS) is 21.6. The van der Waals surface area contributed by atoms with Crippen LogP contribution >= 0.6 is 0 Å². The zero-order valence-corrected chi connectivity index (χ0v) is 17.0. The van der Waals surface area contributed by atoms with E-state index in [4.69, 9.17) is 4.74 Å². The molecule has 1 aliphatic carbocycles. The third-order valence-electron chi connectivity index (χ3n) is 5.91. The van der Waals surface area contributed by atoms with E-state index in [1.54, 1.807) is 0 Å². The number of carbonyl (C=O) groups is 2. The molecule has 4 rings (SSSR count). The number of ketones is 1. The van der Waals surface area contributed by atoms with Crippen LogP contribution < -0.4 is 5.32 Å². The molecule has 0 saturated carbocycles. The molecule has 0 bridgehead atoms. The maximum atomic E-state index is 13.4. The van der Waals surface area contributed by atoms with Crippen molar-refractivity contribution in [3.05, 3.63) is 93.8 Å². The van der Waals surface area contributed by atoms with E-state index in [0.29, 0.717) is 17.6 Å². The van der Waals surface area contributed by atoms with Crippen LogP contribution in [0.4, 0.5) is 0 Å². The Morgan fingerprint density at radius 2 is 1.66 bits per heavy atom. The van der Waals surface area contributed by atoms with Gasteiger partial charge in [-0.1, -0.05) is 60.2 Å². The van der Waals surface area contributed by atoms with Gasteiger partial charge in [0.2, 0.25) is 0 Å². The molecule has 2 aromatic rings. The minimum Gasteiger partial charge on any atom is -0.466 e. The summed E-state index contributed by atoms with van der Waals surface area (Å²) in [6.07, 6.45) is 1.19. The molecule has 2 aromatic carbocycles. The van der Waals surface area contributed by atoms with E-state index < -0.39 is 11.9 Å². The molecule has 2 atom stereocenters. The summed E-state index contributed by atoms with van der Waals surface area (Å²) < 4.78 is 5.07. The highest BCUT2D eigenvalue weighted by Gasteiger charge is 2.41. The number of hydrogen-bond acceptors (Lipinski definition) is 4. The summed E-state index contributed by atoms with van der Waals surface area (Å²) in [6, 6.07) is 18.2. The Morgan fingerprint density at radius 1 is 0.966 bits per heavy atom. The number of hydrogen-bond donors (Lipinski definition) is 1. The van der Waals surface area contributed by atoms with Crippen molar-refractivity contribution >= 4 is 11.8 Å². The molecule has 1 N–H and O–H groups in total. The Bertz CT molecular complexity index is 1020. The second-order valence-electron chi connectivity index (χ2n) is 7.83. The summed E-state index contributed by atoms with van der Waals surface area (Å²) in [5, 5.41) is 3.36. The first-order valence-corrected chi connectivity index (χ1v) is 9.93. The molecule has 4 heteroatoms. The highest BCUT2D eigenvalue weighted by atomic mass is 16.5. The summed E-state index contributed by atoms with van der Waals surface area (Å²) in [5.74, 6) is -0.568. The number of allylic oxidation sites excluding steroid dienone is 3. The largest absolute Gasteiger partial charge is 0.466 e. The molecule has 1 aliphatic heterocycles. The topological polar surface area (TPSA) is 55.4 Å². The number of ether oxygens (including phenoxy) is 1. The third kappa shape index (κ3) is 3.51. The average molecular weight is 387 g/mol. The Labute approximate surface area is 171 Å². The van der Waals surface area contributed by atoms with Gasteiger partial charge in [-0.25, -0.2) is 4.79 Å². The Morgan fingerprint density at radius 3 is 2.31 bits per heavy atom. The lowest BCUT2D eigenvalue weighted by molar-refractivity contribution is -0.136. The van der Waals surface area contributed by atoms with E-state index in [1.807, 2.05) is 56.3 Å². The van der Waals surface area contributed by atoms with Crippen molar-refractivity contribution in [1.29, 1.82) is 0 Å². The van der Waals surface area contributed by atoms with Crippen molar-refractivity contribution in [2.45, 2.75) is 38.5 Å². The fourth-order valence-corrected chi connectivity index (χ4v) is 4.47. The van der Waals surface area contributed by atoms with Gasteiger partial charge in [0.25, 0.3) is 0 Å². The number of methoxy groups -OCH3 is 1. The summed E-state index contributed by atoms with van der Waals surface area (Å²) >= 11 is 0. The van der Waals surface area contributed by atoms with Crippen LogP contribution in [0.5, 0.6) is 0 Å². The van der Waals surface area contributed by atoms with Crippen molar-refractivity contribution in [3.63, 3.8) is 0 Å². The molecule has 4 nitrogen and oxygen atoms in total. The second-order valence-corrected chi connectivity index (χ2v) is 7.83. The number of aryl methyl sites for hydroxylation is 1. The second kappa shape index (κ2) is 7.70. The zero-order valence-electron chi connectivity index (χ0n) is 17.0. The van der Waals surface area contributed by atoms with Gasteiger partial charge >= 0.3 is 5.97 Å². The minimum absolute atomic E-state index is 0.0899. The highest BCUT2D eigenvalue weighted by molar-refractivity contribution is 6.04. The predicted molar refractivity (Wildman–Crippen MR) is 112 cm³/mol. The van der Waals surface area contributed by atoms with E-state index in [1.165, 1.54) is 12.7 Å². The lowest BCUT2D eigenvalue weighted by atomic mass is 9.71. The molecule has 29 heavy (non-hydrogen) atoms. The lowest BCUT2D eigenvalue weighted by Gasteiger charge is -2.36. The predicted octanol–water partition coefficient (Wildman–Crippen LogP) is 4.53. The molecule has 0 spiro atoms. The van der Waals surface area contributed by atoms with E-state index in [-0.39, 0.29) is 11.7 Å². The summed E-state index contributed by atoms with van der Waals surface area (Å²) in [4.78, 5) is 26.0. The van der Waals surface area contributed by atoms with E-state index in [9.17, 15) is 9.59 Å². The maximum absolute atomic E-state index is 13.4. The van der Waals surface area contributed by atoms with Crippen LogP contribution in [0.2, 0.25) is 0 Å². The molecule has 2 aliphatic rings. The summed E-state index contributed by atoms with van der Waals surface area (Å²) in [7, 11) is 1.38. The number of nitrogens with one attached hydrogen (secondary N) is 1. The van der Waals surface area contributed by atoms with Crippen LogP contribution in [0.25, 0.3) is 0 Å². The van der Waals surface area contributed by atoms with Gasteiger partial charge in [-0.2, -0.15) is 0 Å². The van der Waals surface area contributed by atoms with Gasteiger partial charge < -0.3 is 10.1 Å². The molecule has 0 saturated heterocycles. The van der Waals surface area contributed by atoms with Crippen molar-refractivity contribution in [1.82, 2.24) is 5.32 Å². The first-order valence-electron chi connectivity index (χ1n) is 9.93. The number of dihydropyridines is 1. The Kier molecular flexibility index (Phi) is 5.10. The third-order valence-corrected chi connectivity index (χ3v) is 5.91. The van der Waals surface area contributed by atoms with E-state index in [0.717, 1.165) is 28.9 Å². The van der Waals surface area contributed by atoms with Gasteiger partial charge in [0.15, 0.2) is 5.78 Å². The smallest absolute Gasteiger partial charge is 0.336 e. The summed E-state index contributed by atoms with van der Waals surface area (Å²) in [5.41, 5.74) is 6.14. The molecule has 0 amide bonds. The zero-order chi connectivity index (χ0) is 20.5. The van der Waals surface area contributed by atoms with E-state index >= 15 is 0 Å². The van der Waals surface area contributed by atoms with Crippen molar-refractivity contribution in [2.24, 2.45) is 0 Å². The molecule has 0 fully saturated rings. The van der Waals surface area contributed by atoms with Gasteiger partial charge in [0, 0.05) is 29.3 Å². The quantitative estimate of drug-likeness (QED) is 0.786. The Hall–Kier alpha value is -3.14. The molecule has 1 heterocycles. The number of carbonyl (C=O) groups excluding carboxylic acids is 2. The fourth-order valence-electron chi connectivity index (χ4n) is 4.47. The molecular formula is C25H25NO3. The number of benzene rings is 2. The number of Topliss-reactive ketones (excluding diaryl/α,β-unsaturated/α-hetero) is 1. The van der Waals surface area contributed by atoms with Gasteiger partial charge in [0.05, 0.1) is 12.7 Å². The first-order chi connectivity index (χ1) is 14.0.